The van der Waals surface area contributed by atoms with Crippen molar-refractivity contribution in [2.24, 2.45) is 0 Å². The molecule has 0 unspecified atom stereocenters. The van der Waals surface area contributed by atoms with Crippen LogP contribution in [0.5, 0.6) is 0 Å². The van der Waals surface area contributed by atoms with Crippen LogP contribution in [0.2, 0.25) is 0 Å². The number of imidazole rings is 4. The predicted octanol–water partition coefficient (Wildman–Crippen LogP) is 15.6. The Labute approximate surface area is 548 Å². The predicted molar refractivity (Wildman–Crippen MR) is 397 cm³/mol. The Kier molecular flexibility index (Phi) is 8.21. The highest BCUT2D eigenvalue weighted by Gasteiger charge is 2.61. The summed E-state index contributed by atoms with van der Waals surface area (Å²) in [7, 11) is 0. The molecule has 0 saturated heterocycles. The van der Waals surface area contributed by atoms with Crippen molar-refractivity contribution in [3.63, 3.8) is 0 Å². The minimum Gasteiger partial charge on any atom is -0.295 e. The molecule has 0 amide bonds. The number of fused-ring (bicyclic) bond motifs is 28. The molecular weight excluding hydrogens is 1150 g/mol. The minimum absolute atomic E-state index is 0.0744. The Balaban J connectivity index is 0.994. The Morgan fingerprint density at radius 3 is 0.705 bits per heavy atom. The first-order chi connectivity index (χ1) is 45.8. The van der Waals surface area contributed by atoms with Crippen molar-refractivity contribution in [3.8, 4) is 22.7 Å². The Hall–Kier alpha value is -10.3. The number of aromatic nitrogens is 8. The lowest BCUT2D eigenvalue weighted by atomic mass is 9.24. The van der Waals surface area contributed by atoms with Crippen LogP contribution in [0, 0.1) is 0 Å². The van der Waals surface area contributed by atoms with E-state index in [1.54, 1.807) is 0 Å². The summed E-state index contributed by atoms with van der Waals surface area (Å²) in [4.78, 5) is 0. The molecule has 6 aliphatic heterocycles. The van der Waals surface area contributed by atoms with Crippen LogP contribution >= 0.6 is 0 Å². The molecule has 0 bridgehead atoms. The van der Waals surface area contributed by atoms with Crippen molar-refractivity contribution in [1.82, 2.24) is 35.9 Å². The number of benzene rings is 10. The molecule has 452 valence electrons. The summed E-state index contributed by atoms with van der Waals surface area (Å²) in [6, 6.07) is 72.5. The minimum atomic E-state index is -0.824. The van der Waals surface area contributed by atoms with Crippen molar-refractivity contribution in [2.45, 2.75) is 110 Å². The number of rotatable bonds is 0. The molecule has 0 saturated carbocycles. The molecule has 1 spiro atoms. The lowest BCUT2D eigenvalue weighted by molar-refractivity contribution is 0.598. The zero-order chi connectivity index (χ0) is 63.4. The summed E-state index contributed by atoms with van der Waals surface area (Å²) >= 11 is 0. The van der Waals surface area contributed by atoms with Gasteiger partial charge in [0.05, 0.1) is 71.6 Å². The van der Waals surface area contributed by atoms with Gasteiger partial charge in [-0.15, -0.1) is 0 Å². The van der Waals surface area contributed by atoms with Crippen molar-refractivity contribution in [3.05, 3.63) is 226 Å². The summed E-state index contributed by atoms with van der Waals surface area (Å²) in [6.07, 6.45) is 0. The second-order valence-corrected chi connectivity index (χ2v) is 33.2. The molecule has 0 aliphatic carbocycles. The van der Waals surface area contributed by atoms with Crippen molar-refractivity contribution in [2.75, 3.05) is 0 Å². The van der Waals surface area contributed by atoms with E-state index in [-0.39, 0.29) is 35.1 Å². The van der Waals surface area contributed by atoms with Gasteiger partial charge < -0.3 is 0 Å². The summed E-state index contributed by atoms with van der Waals surface area (Å²) < 4.78 is 21.8. The maximum absolute atomic E-state index is 2.78. The highest BCUT2D eigenvalue weighted by molar-refractivity contribution is 7.03. The van der Waals surface area contributed by atoms with E-state index in [0.717, 1.165) is 0 Å². The molecule has 0 N–H and O–H groups in total. The van der Waals surface area contributed by atoms with E-state index in [4.69, 9.17) is 0 Å². The summed E-state index contributed by atoms with van der Waals surface area (Å²) in [6.45, 7) is 29.0. The van der Waals surface area contributed by atoms with E-state index in [1.165, 1.54) is 210 Å². The first-order valence-electron chi connectivity index (χ1n) is 34.5. The molecule has 0 atom stereocenters. The van der Waals surface area contributed by atoms with Crippen LogP contribution in [0.15, 0.2) is 182 Å². The van der Waals surface area contributed by atoms with Crippen molar-refractivity contribution < 1.29 is 0 Å². The van der Waals surface area contributed by atoms with Gasteiger partial charge in [-0.3, -0.25) is 35.9 Å². The first-order valence-corrected chi connectivity index (χ1v) is 34.5. The fourth-order valence-electron chi connectivity index (χ4n) is 21.8. The van der Waals surface area contributed by atoms with Crippen LogP contribution in [0.4, 0.5) is 0 Å². The molecule has 24 rings (SSSR count). The zero-order valence-electron chi connectivity index (χ0n) is 55.6. The SMILES string of the molecule is CC(C)(C)c1c2ccccc2n2c3ccc4c5c3n(c12)-c1cccc2c1B5c1c(ccc3c1n-2c1c(C(C)(C)C)c2ccccc2n31)C41c2ccc3c4c2B2c5c(cccc5-n5c6c2c1ccc6n1c2ccccc2c(C(C)(C)C)c51)-n4c1c(C(C)(C)C)c2ccccc2n31. The van der Waals surface area contributed by atoms with Crippen LogP contribution in [0.25, 0.3) is 133 Å². The van der Waals surface area contributed by atoms with Gasteiger partial charge in [0, 0.05) is 66.5 Å². The van der Waals surface area contributed by atoms with Gasteiger partial charge in [-0.2, -0.15) is 0 Å². The number of hydrogen-bond acceptors (Lipinski definition) is 0. The highest BCUT2D eigenvalue weighted by atomic mass is 15.2. The molecule has 10 heteroatoms. The number of hydrogen-bond donors (Lipinski definition) is 0. The molecule has 18 aromatic rings. The van der Waals surface area contributed by atoms with E-state index in [1.807, 2.05) is 0 Å². The molecule has 6 aliphatic rings. The van der Waals surface area contributed by atoms with Gasteiger partial charge in [0.1, 0.15) is 22.6 Å². The molecule has 0 radical (unpaired) electrons. The topological polar surface area (TPSA) is 37.4 Å². The van der Waals surface area contributed by atoms with Gasteiger partial charge in [0.2, 0.25) is 0 Å². The van der Waals surface area contributed by atoms with E-state index >= 15 is 0 Å². The monoisotopic (exact) mass is 1220 g/mol. The van der Waals surface area contributed by atoms with Crippen LogP contribution < -0.4 is 32.8 Å². The van der Waals surface area contributed by atoms with Gasteiger partial charge in [0.25, 0.3) is 13.4 Å². The lowest BCUT2D eigenvalue weighted by Gasteiger charge is -2.52. The lowest BCUT2D eigenvalue weighted by Crippen LogP contribution is -2.71. The van der Waals surface area contributed by atoms with Gasteiger partial charge in [-0.1, -0.05) is 192 Å². The van der Waals surface area contributed by atoms with Crippen LogP contribution in [0.3, 0.4) is 0 Å². The number of nitrogens with zero attached hydrogens (tertiary/aromatic N) is 8. The van der Waals surface area contributed by atoms with E-state index < -0.39 is 5.41 Å². The third-order valence-corrected chi connectivity index (χ3v) is 24.3. The van der Waals surface area contributed by atoms with Gasteiger partial charge in [-0.25, -0.2) is 0 Å². The largest absolute Gasteiger partial charge is 0.295 e. The second kappa shape index (κ2) is 15.3. The fraction of sp³-hybridized carbons (Fsp3) is 0.200. The third kappa shape index (κ3) is 5.14. The van der Waals surface area contributed by atoms with Gasteiger partial charge in [0.15, 0.2) is 0 Å². The van der Waals surface area contributed by atoms with E-state index in [9.17, 15) is 0 Å². The smallest absolute Gasteiger partial charge is 0.253 e. The molecular formula is C85H66B2N8. The summed E-state index contributed by atoms with van der Waals surface area (Å²) in [5, 5.41) is 5.28. The average molecular weight is 1220 g/mol. The van der Waals surface area contributed by atoms with Crippen molar-refractivity contribution >= 4 is 157 Å². The molecule has 0 fully saturated rings. The van der Waals surface area contributed by atoms with Crippen LogP contribution in [-0.4, -0.2) is 49.3 Å². The Morgan fingerprint density at radius 1 is 0.242 bits per heavy atom. The Morgan fingerprint density at radius 2 is 0.474 bits per heavy atom. The molecule has 14 heterocycles. The van der Waals surface area contributed by atoms with E-state index in [0.29, 0.717) is 0 Å². The molecule has 8 nitrogen and oxygen atoms in total. The summed E-state index contributed by atoms with van der Waals surface area (Å²) in [5.74, 6) is 0. The second-order valence-electron chi connectivity index (χ2n) is 33.2. The molecule has 95 heavy (non-hydrogen) atoms. The number of para-hydroxylation sites is 4. The quantitative estimate of drug-likeness (QED) is 0.136. The fourth-order valence-corrected chi connectivity index (χ4v) is 21.8. The van der Waals surface area contributed by atoms with Crippen LogP contribution in [0.1, 0.15) is 128 Å². The van der Waals surface area contributed by atoms with Gasteiger partial charge >= 0.3 is 0 Å². The van der Waals surface area contributed by atoms with Crippen LogP contribution in [-0.2, 0) is 27.1 Å². The standard InChI is InChI=1S/C85H66B2N8/c1-81(2,3)63-43-23-13-17-27-51(43)88-59-39-35-47-67-73(59)92(77(63)88)55-31-21-32-56-71(55)86(67)68-48(36-40-60-74(68)93(56)78-64(82(4,5)6)44-24-14-18-28-52(44)89(60)78)85(47)49-37-41-61-75-69(49)87-70-50(85)38-42-62-76(70)95(80-66(84(10,11)12)46-26-16-20-30-54(46)91(62)80)58-34-22-33-57(72(58)87)94(75)79-65(83(7,8)9)45-25-15-19-29-53(45)90(61)79/h13-42H,1-12H3. The zero-order valence-corrected chi connectivity index (χ0v) is 55.6. The van der Waals surface area contributed by atoms with E-state index in [2.05, 4.69) is 301 Å². The third-order valence-electron chi connectivity index (χ3n) is 24.3. The Bertz CT molecular complexity index is 6070. The van der Waals surface area contributed by atoms with Gasteiger partial charge in [-0.05, 0) is 149 Å². The van der Waals surface area contributed by atoms with Crippen molar-refractivity contribution in [1.29, 1.82) is 0 Å². The average Bonchev–Trinajstić information content (AvgIpc) is 1.59. The first kappa shape index (κ1) is 51.1. The molecule has 8 aromatic heterocycles. The highest BCUT2D eigenvalue weighted by Crippen LogP contribution is 2.56. The molecule has 10 aromatic carbocycles. The maximum atomic E-state index is 2.78. The normalized spacial score (nSPS) is 15.4. The summed E-state index contributed by atoms with van der Waals surface area (Å²) in [5.41, 5.74) is 43.7. The maximum Gasteiger partial charge on any atom is 0.253 e.